The van der Waals surface area contributed by atoms with Gasteiger partial charge in [-0.2, -0.15) is 0 Å². The van der Waals surface area contributed by atoms with Gasteiger partial charge in [-0.3, -0.25) is 9.59 Å². The van der Waals surface area contributed by atoms with Crippen LogP contribution in [0.1, 0.15) is 64.5 Å². The van der Waals surface area contributed by atoms with Crippen molar-refractivity contribution in [2.75, 3.05) is 19.0 Å². The number of amides is 2. The number of hydrogen-bond donors (Lipinski definition) is 1. The molecule has 1 aromatic carbocycles. The van der Waals surface area contributed by atoms with Gasteiger partial charge in [0.25, 0.3) is 5.91 Å². The molecule has 34 heavy (non-hydrogen) atoms. The van der Waals surface area contributed by atoms with Gasteiger partial charge in [-0.1, -0.05) is 19.9 Å². The summed E-state index contributed by atoms with van der Waals surface area (Å²) in [5.41, 5.74) is -0.483. The first-order chi connectivity index (χ1) is 16.0. The fourth-order valence-corrected chi connectivity index (χ4v) is 8.36. The molecule has 2 amide bonds. The third-order valence-electron chi connectivity index (χ3n) is 9.94. The lowest BCUT2D eigenvalue weighted by Crippen LogP contribution is -2.71. The zero-order chi connectivity index (χ0) is 23.9. The number of anilines is 1. The average Bonchev–Trinajstić information content (AvgIpc) is 3.39. The van der Waals surface area contributed by atoms with Crippen LogP contribution in [0.4, 0.5) is 5.69 Å². The van der Waals surface area contributed by atoms with Crippen LogP contribution in [0.3, 0.4) is 0 Å². The molecule has 3 fully saturated rings. The van der Waals surface area contributed by atoms with Crippen LogP contribution in [0.5, 0.6) is 5.75 Å². The fraction of sp³-hybridized carbons (Fsp3) is 0.593. The summed E-state index contributed by atoms with van der Waals surface area (Å²) < 4.78 is 12.0. The minimum absolute atomic E-state index is 0.0361. The van der Waals surface area contributed by atoms with Gasteiger partial charge in [-0.05, 0) is 62.3 Å². The van der Waals surface area contributed by atoms with Gasteiger partial charge in [0.1, 0.15) is 22.4 Å². The van der Waals surface area contributed by atoms with Crippen molar-refractivity contribution in [3.05, 3.63) is 29.3 Å². The number of fused-ring (bicyclic) bond motifs is 4. The normalized spacial score (nSPS) is 39.3. The monoisotopic (exact) mass is 461 g/mol. The minimum Gasteiger partial charge on any atom is -0.483 e. The van der Waals surface area contributed by atoms with Crippen LogP contribution >= 0.6 is 0 Å². The van der Waals surface area contributed by atoms with Crippen LogP contribution < -0.4 is 10.1 Å². The van der Waals surface area contributed by atoms with E-state index in [1.165, 1.54) is 0 Å². The average molecular weight is 462 g/mol. The molecule has 7 heteroatoms. The lowest BCUT2D eigenvalue weighted by molar-refractivity contribution is -0.151. The smallest absolute Gasteiger partial charge is 0.251 e. The van der Waals surface area contributed by atoms with Crippen molar-refractivity contribution < 1.29 is 19.1 Å². The van der Waals surface area contributed by atoms with E-state index in [2.05, 4.69) is 25.2 Å². The summed E-state index contributed by atoms with van der Waals surface area (Å²) in [6.45, 7) is 9.10. The van der Waals surface area contributed by atoms with Crippen molar-refractivity contribution in [3.63, 3.8) is 0 Å². The van der Waals surface area contributed by atoms with Crippen molar-refractivity contribution in [3.8, 4) is 5.75 Å². The van der Waals surface area contributed by atoms with Gasteiger partial charge in [0.2, 0.25) is 11.8 Å². The van der Waals surface area contributed by atoms with E-state index in [1.54, 1.807) is 7.11 Å². The molecular weight excluding hydrogens is 430 g/mol. The van der Waals surface area contributed by atoms with Gasteiger partial charge in [-0.15, -0.1) is 0 Å². The van der Waals surface area contributed by atoms with Gasteiger partial charge in [0, 0.05) is 24.4 Å². The van der Waals surface area contributed by atoms with Gasteiger partial charge in [0.15, 0.2) is 0 Å². The fourth-order valence-electron chi connectivity index (χ4n) is 8.36. The Morgan fingerprint density at radius 2 is 2.00 bits per heavy atom. The summed E-state index contributed by atoms with van der Waals surface area (Å²) in [5.74, 6) is 1.45. The summed E-state index contributed by atoms with van der Waals surface area (Å²) >= 11 is 0. The predicted octanol–water partition coefficient (Wildman–Crippen LogP) is 3.67. The standard InChI is InChI=1S/C27H31N3O4/c1-23(2)11-9-15-17(34-23)8-7-16-19(15)28-20(31)26(16)14-27-18(24(26,3)4)13-25(21(29-27)33-5)10-6-12-30(25)22(27)32/h7-9,11,18H,6,10,12-14H2,1-5H3,(H,28,31)/t18-,25+,26+,27+/m1/s1. The minimum atomic E-state index is -0.968. The molecule has 3 spiro atoms. The maximum Gasteiger partial charge on any atom is 0.251 e. The van der Waals surface area contributed by atoms with E-state index in [1.807, 2.05) is 37.0 Å². The molecule has 6 heterocycles. The third-order valence-corrected chi connectivity index (χ3v) is 9.94. The van der Waals surface area contributed by atoms with Crippen molar-refractivity contribution in [2.24, 2.45) is 16.3 Å². The van der Waals surface area contributed by atoms with E-state index in [-0.39, 0.29) is 17.7 Å². The Balaban J connectivity index is 1.45. The molecule has 8 rings (SSSR count). The first-order valence-electron chi connectivity index (χ1n) is 12.4. The molecular formula is C27H31N3O4. The molecule has 2 bridgehead atoms. The second-order valence-electron chi connectivity index (χ2n) is 12.1. The van der Waals surface area contributed by atoms with Crippen molar-refractivity contribution in [2.45, 2.75) is 75.5 Å². The van der Waals surface area contributed by atoms with E-state index < -0.39 is 27.5 Å². The summed E-state index contributed by atoms with van der Waals surface area (Å²) in [5, 5.41) is 3.22. The van der Waals surface area contributed by atoms with Crippen LogP contribution in [-0.4, -0.2) is 52.9 Å². The molecule has 7 nitrogen and oxygen atoms in total. The zero-order valence-corrected chi connectivity index (χ0v) is 20.4. The number of carbonyl (C=O) groups is 2. The largest absolute Gasteiger partial charge is 0.483 e. The second kappa shape index (κ2) is 5.69. The highest BCUT2D eigenvalue weighted by molar-refractivity contribution is 6.12. The summed E-state index contributed by atoms with van der Waals surface area (Å²) in [6, 6.07) is 4.02. The van der Waals surface area contributed by atoms with E-state index in [4.69, 9.17) is 14.5 Å². The van der Waals surface area contributed by atoms with Crippen LogP contribution in [0.2, 0.25) is 0 Å². The van der Waals surface area contributed by atoms with E-state index in [0.29, 0.717) is 12.3 Å². The highest BCUT2D eigenvalue weighted by atomic mass is 16.5. The lowest BCUT2D eigenvalue weighted by Gasteiger charge is -2.56. The van der Waals surface area contributed by atoms with Crippen molar-refractivity contribution >= 4 is 29.5 Å². The Morgan fingerprint density at radius 3 is 2.76 bits per heavy atom. The van der Waals surface area contributed by atoms with E-state index >= 15 is 0 Å². The number of hydrogen-bond acceptors (Lipinski definition) is 5. The Morgan fingerprint density at radius 1 is 1.21 bits per heavy atom. The van der Waals surface area contributed by atoms with Crippen LogP contribution in [0.25, 0.3) is 6.08 Å². The highest BCUT2D eigenvalue weighted by Gasteiger charge is 2.80. The first kappa shape index (κ1) is 20.5. The second-order valence-corrected chi connectivity index (χ2v) is 12.1. The Hall–Kier alpha value is -2.83. The number of methoxy groups -OCH3 is 1. The summed E-state index contributed by atoms with van der Waals surface area (Å²) in [4.78, 5) is 35.2. The van der Waals surface area contributed by atoms with E-state index in [0.717, 1.165) is 48.4 Å². The van der Waals surface area contributed by atoms with Crippen molar-refractivity contribution in [1.29, 1.82) is 0 Å². The molecule has 1 aromatic rings. The third kappa shape index (κ3) is 1.94. The number of benzene rings is 1. The number of aliphatic imine (C=N–C) groups is 1. The molecule has 0 aromatic heterocycles. The number of ether oxygens (including phenoxy) is 2. The van der Waals surface area contributed by atoms with Crippen LogP contribution in [0.15, 0.2) is 23.2 Å². The van der Waals surface area contributed by atoms with Gasteiger partial charge in [0.05, 0.1) is 18.2 Å². The Bertz CT molecular complexity index is 1260. The Labute approximate surface area is 199 Å². The molecule has 2 saturated heterocycles. The Kier molecular flexibility index (Phi) is 3.44. The molecule has 0 unspecified atom stereocenters. The van der Waals surface area contributed by atoms with Gasteiger partial charge in [-0.25, -0.2) is 4.99 Å². The molecule has 7 aliphatic rings. The molecule has 1 aliphatic carbocycles. The maximum atomic E-state index is 14.1. The SMILES string of the molecule is COC1=N[C@@]23C[C@]4(C(=O)Nc5c4ccc4c5C=CC(C)(C)O4)C(C)(C)[C@H]2C[C@@]12CCCN2C3=O. The maximum absolute atomic E-state index is 14.1. The van der Waals surface area contributed by atoms with Gasteiger partial charge >= 0.3 is 0 Å². The number of nitrogens with one attached hydrogen (secondary N) is 1. The summed E-state index contributed by atoms with van der Waals surface area (Å²) in [7, 11) is 1.66. The van der Waals surface area contributed by atoms with E-state index in [9.17, 15) is 9.59 Å². The molecule has 178 valence electrons. The lowest BCUT2D eigenvalue weighted by atomic mass is 9.58. The summed E-state index contributed by atoms with van der Waals surface area (Å²) in [6.07, 6.45) is 7.07. The number of piperidine rings is 1. The van der Waals surface area contributed by atoms with Crippen LogP contribution in [-0.2, 0) is 19.7 Å². The van der Waals surface area contributed by atoms with Crippen molar-refractivity contribution in [1.82, 2.24) is 4.90 Å². The molecule has 4 atom stereocenters. The highest BCUT2D eigenvalue weighted by Crippen LogP contribution is 2.71. The van der Waals surface area contributed by atoms with Crippen LogP contribution in [0, 0.1) is 11.3 Å². The quantitative estimate of drug-likeness (QED) is 0.639. The number of nitrogens with zero attached hydrogens (tertiary/aromatic N) is 2. The van der Waals surface area contributed by atoms with Gasteiger partial charge < -0.3 is 19.7 Å². The topological polar surface area (TPSA) is 80.2 Å². The molecule has 1 N–H and O–H groups in total. The molecule has 1 saturated carbocycles. The first-order valence-corrected chi connectivity index (χ1v) is 12.4. The zero-order valence-electron chi connectivity index (χ0n) is 20.4. The number of carbonyl (C=O) groups excluding carboxylic acids is 2. The molecule has 6 aliphatic heterocycles. The molecule has 0 radical (unpaired) electrons. The predicted molar refractivity (Wildman–Crippen MR) is 128 cm³/mol. The number of rotatable bonds is 0.